The quantitative estimate of drug-likeness (QED) is 0.853. The molecule has 0 amide bonds. The summed E-state index contributed by atoms with van der Waals surface area (Å²) in [7, 11) is 0. The smallest absolute Gasteiger partial charge is 0.161 e. The molecule has 1 aliphatic heterocycles. The summed E-state index contributed by atoms with van der Waals surface area (Å²) in [5.74, 6) is 2.54. The predicted octanol–water partition coefficient (Wildman–Crippen LogP) is 3.37. The first kappa shape index (κ1) is 14.2. The van der Waals surface area contributed by atoms with E-state index in [2.05, 4.69) is 31.3 Å². The van der Waals surface area contributed by atoms with Crippen molar-refractivity contribution < 1.29 is 9.47 Å². The van der Waals surface area contributed by atoms with Crippen LogP contribution in [0.15, 0.2) is 18.2 Å². The zero-order chi connectivity index (χ0) is 13.5. The van der Waals surface area contributed by atoms with Crippen LogP contribution < -0.4 is 14.8 Å². The van der Waals surface area contributed by atoms with E-state index < -0.39 is 0 Å². The van der Waals surface area contributed by atoms with Gasteiger partial charge in [0.15, 0.2) is 11.5 Å². The second-order valence-corrected chi connectivity index (χ2v) is 5.14. The lowest BCUT2D eigenvalue weighted by molar-refractivity contribution is 0.297. The fraction of sp³-hybridized carbons (Fsp3) is 0.625. The van der Waals surface area contributed by atoms with E-state index in [1.54, 1.807) is 0 Å². The van der Waals surface area contributed by atoms with Crippen molar-refractivity contribution in [2.75, 3.05) is 19.8 Å². The van der Waals surface area contributed by atoms with E-state index in [0.29, 0.717) is 0 Å². The molecule has 0 saturated heterocycles. The van der Waals surface area contributed by atoms with Gasteiger partial charge in [-0.25, -0.2) is 0 Å². The zero-order valence-corrected chi connectivity index (χ0v) is 12.1. The molecule has 0 bridgehead atoms. The molecule has 1 N–H and O–H groups in total. The zero-order valence-electron chi connectivity index (χ0n) is 12.1. The number of benzene rings is 1. The largest absolute Gasteiger partial charge is 0.490 e. The molecule has 3 heteroatoms. The Morgan fingerprint density at radius 2 is 1.84 bits per heavy atom. The van der Waals surface area contributed by atoms with Crippen LogP contribution in [0.2, 0.25) is 0 Å². The molecule has 1 aromatic carbocycles. The van der Waals surface area contributed by atoms with Crippen LogP contribution in [-0.2, 0) is 6.54 Å². The molecule has 0 radical (unpaired) electrons. The molecule has 19 heavy (non-hydrogen) atoms. The Bertz CT molecular complexity index is 388. The van der Waals surface area contributed by atoms with Crippen molar-refractivity contribution in [3.05, 3.63) is 23.8 Å². The van der Waals surface area contributed by atoms with Crippen molar-refractivity contribution in [2.45, 2.75) is 39.7 Å². The van der Waals surface area contributed by atoms with Crippen LogP contribution in [0.25, 0.3) is 0 Å². The number of hydrogen-bond donors (Lipinski definition) is 1. The molecule has 0 saturated carbocycles. The average molecular weight is 263 g/mol. The van der Waals surface area contributed by atoms with E-state index in [9.17, 15) is 0 Å². The first-order valence-electron chi connectivity index (χ1n) is 7.42. The van der Waals surface area contributed by atoms with Gasteiger partial charge in [0.05, 0.1) is 13.2 Å². The van der Waals surface area contributed by atoms with E-state index >= 15 is 0 Å². The SMILES string of the molecule is CCC(CC)CNCc1ccc2c(c1)OCCCO2. The fourth-order valence-electron chi connectivity index (χ4n) is 2.32. The third kappa shape index (κ3) is 4.13. The molecule has 1 aromatic rings. The van der Waals surface area contributed by atoms with Crippen LogP contribution in [-0.4, -0.2) is 19.8 Å². The Hall–Kier alpha value is -1.22. The van der Waals surface area contributed by atoms with Gasteiger partial charge in [-0.05, 0) is 30.2 Å². The van der Waals surface area contributed by atoms with Crippen molar-refractivity contribution in [3.8, 4) is 11.5 Å². The molecule has 0 aliphatic carbocycles. The third-order valence-electron chi connectivity index (χ3n) is 3.73. The molecular weight excluding hydrogens is 238 g/mol. The second-order valence-electron chi connectivity index (χ2n) is 5.14. The number of fused-ring (bicyclic) bond motifs is 1. The van der Waals surface area contributed by atoms with Gasteiger partial charge in [-0.15, -0.1) is 0 Å². The Kier molecular flexibility index (Phi) is 5.52. The number of hydrogen-bond acceptors (Lipinski definition) is 3. The summed E-state index contributed by atoms with van der Waals surface area (Å²) in [4.78, 5) is 0. The Morgan fingerprint density at radius 3 is 2.58 bits per heavy atom. The molecule has 0 fully saturated rings. The topological polar surface area (TPSA) is 30.5 Å². The van der Waals surface area contributed by atoms with Crippen molar-refractivity contribution in [1.29, 1.82) is 0 Å². The van der Waals surface area contributed by atoms with Gasteiger partial charge in [0.1, 0.15) is 0 Å². The van der Waals surface area contributed by atoms with E-state index in [4.69, 9.17) is 9.47 Å². The minimum Gasteiger partial charge on any atom is -0.490 e. The van der Waals surface area contributed by atoms with Crippen LogP contribution in [0, 0.1) is 5.92 Å². The van der Waals surface area contributed by atoms with Crippen LogP contribution in [0.3, 0.4) is 0 Å². The maximum absolute atomic E-state index is 5.71. The lowest BCUT2D eigenvalue weighted by Gasteiger charge is -2.14. The average Bonchev–Trinajstić information content (AvgIpc) is 2.68. The van der Waals surface area contributed by atoms with Gasteiger partial charge in [-0.1, -0.05) is 32.8 Å². The molecule has 0 aromatic heterocycles. The molecule has 106 valence electrons. The molecule has 0 atom stereocenters. The summed E-state index contributed by atoms with van der Waals surface area (Å²) in [5, 5.41) is 3.53. The predicted molar refractivity (Wildman–Crippen MR) is 77.8 cm³/mol. The maximum Gasteiger partial charge on any atom is 0.161 e. The minimum atomic E-state index is 0.748. The second kappa shape index (κ2) is 7.39. The van der Waals surface area contributed by atoms with E-state index in [1.807, 2.05) is 6.07 Å². The van der Waals surface area contributed by atoms with Crippen LogP contribution in [0.4, 0.5) is 0 Å². The van der Waals surface area contributed by atoms with Gasteiger partial charge >= 0.3 is 0 Å². The van der Waals surface area contributed by atoms with E-state index in [0.717, 1.165) is 50.1 Å². The molecular formula is C16H25NO2. The summed E-state index contributed by atoms with van der Waals surface area (Å²) < 4.78 is 11.3. The lowest BCUT2D eigenvalue weighted by Crippen LogP contribution is -2.21. The van der Waals surface area contributed by atoms with Crippen LogP contribution in [0.1, 0.15) is 38.7 Å². The molecule has 3 nitrogen and oxygen atoms in total. The Balaban J connectivity index is 1.89. The lowest BCUT2D eigenvalue weighted by atomic mass is 10.0. The third-order valence-corrected chi connectivity index (χ3v) is 3.73. The number of nitrogens with one attached hydrogen (secondary N) is 1. The Morgan fingerprint density at radius 1 is 1.11 bits per heavy atom. The molecule has 0 unspecified atom stereocenters. The molecule has 1 heterocycles. The van der Waals surface area contributed by atoms with Crippen LogP contribution >= 0.6 is 0 Å². The van der Waals surface area contributed by atoms with Crippen molar-refractivity contribution in [2.24, 2.45) is 5.92 Å². The van der Waals surface area contributed by atoms with E-state index in [-0.39, 0.29) is 0 Å². The van der Waals surface area contributed by atoms with Gasteiger partial charge in [-0.2, -0.15) is 0 Å². The summed E-state index contributed by atoms with van der Waals surface area (Å²) in [6.45, 7) is 7.98. The summed E-state index contributed by atoms with van der Waals surface area (Å²) >= 11 is 0. The maximum atomic E-state index is 5.71. The first-order chi connectivity index (χ1) is 9.33. The van der Waals surface area contributed by atoms with Crippen molar-refractivity contribution >= 4 is 0 Å². The van der Waals surface area contributed by atoms with Gasteiger partial charge in [0, 0.05) is 13.0 Å². The highest BCUT2D eigenvalue weighted by Gasteiger charge is 2.10. The van der Waals surface area contributed by atoms with E-state index in [1.165, 1.54) is 18.4 Å². The minimum absolute atomic E-state index is 0.748. The normalized spacial score (nSPS) is 14.5. The van der Waals surface area contributed by atoms with Gasteiger partial charge < -0.3 is 14.8 Å². The molecule has 2 rings (SSSR count). The highest BCUT2D eigenvalue weighted by molar-refractivity contribution is 5.43. The van der Waals surface area contributed by atoms with Gasteiger partial charge in [0.25, 0.3) is 0 Å². The van der Waals surface area contributed by atoms with Gasteiger partial charge in [0.2, 0.25) is 0 Å². The van der Waals surface area contributed by atoms with Crippen molar-refractivity contribution in [3.63, 3.8) is 0 Å². The number of rotatable bonds is 6. The highest BCUT2D eigenvalue weighted by Crippen LogP contribution is 2.30. The van der Waals surface area contributed by atoms with Crippen molar-refractivity contribution in [1.82, 2.24) is 5.32 Å². The van der Waals surface area contributed by atoms with Crippen LogP contribution in [0.5, 0.6) is 11.5 Å². The number of ether oxygens (including phenoxy) is 2. The highest BCUT2D eigenvalue weighted by atomic mass is 16.5. The summed E-state index contributed by atoms with van der Waals surface area (Å²) in [5.41, 5.74) is 1.26. The Labute approximate surface area is 116 Å². The van der Waals surface area contributed by atoms with Gasteiger partial charge in [-0.3, -0.25) is 0 Å². The summed E-state index contributed by atoms with van der Waals surface area (Å²) in [6, 6.07) is 6.24. The standard InChI is InChI=1S/C16H25NO2/c1-3-13(4-2)11-17-12-14-6-7-15-16(10-14)19-9-5-8-18-15/h6-7,10,13,17H,3-5,8-9,11-12H2,1-2H3. The fourth-order valence-corrected chi connectivity index (χ4v) is 2.32. The summed E-state index contributed by atoms with van der Waals surface area (Å²) in [6.07, 6.45) is 3.44. The monoisotopic (exact) mass is 263 g/mol. The molecule has 0 spiro atoms. The first-order valence-corrected chi connectivity index (χ1v) is 7.42. The molecule has 1 aliphatic rings.